The number of ether oxygens (including phenoxy) is 1. The second-order valence-electron chi connectivity index (χ2n) is 4.63. The largest absolute Gasteiger partial charge is 0.398 e. The molecule has 0 spiro atoms. The van der Waals surface area contributed by atoms with Crippen molar-refractivity contribution >= 4 is 27.3 Å². The van der Waals surface area contributed by atoms with Gasteiger partial charge in [0.1, 0.15) is 4.90 Å². The van der Waals surface area contributed by atoms with E-state index in [1.165, 1.54) is 12.1 Å². The Hall–Kier alpha value is -0.820. The normalized spacial score (nSPS) is 24.3. The van der Waals surface area contributed by atoms with Crippen molar-refractivity contribution in [3.05, 3.63) is 23.2 Å². The van der Waals surface area contributed by atoms with E-state index in [0.717, 1.165) is 0 Å². The van der Waals surface area contributed by atoms with Crippen LogP contribution in [-0.2, 0) is 14.8 Å². The summed E-state index contributed by atoms with van der Waals surface area (Å²) >= 11 is 5.91. The van der Waals surface area contributed by atoms with Crippen molar-refractivity contribution in [1.82, 2.24) is 4.72 Å². The van der Waals surface area contributed by atoms with E-state index in [0.29, 0.717) is 19.6 Å². The lowest BCUT2D eigenvalue weighted by Crippen LogP contribution is -2.46. The maximum atomic E-state index is 12.3. The fourth-order valence-corrected chi connectivity index (χ4v) is 4.03. The highest BCUT2D eigenvalue weighted by molar-refractivity contribution is 7.89. The predicted octanol–water partition coefficient (Wildman–Crippen LogP) is 1.38. The molecule has 0 aromatic heterocycles. The number of nitrogen functional groups attached to an aromatic ring is 1. The van der Waals surface area contributed by atoms with Gasteiger partial charge >= 0.3 is 0 Å². The molecule has 3 N–H and O–H groups in total. The standard InChI is InChI=1S/C11H15ClN2O3S/c1-11(5-6-17-7-11)14-18(15,16)10-8(12)3-2-4-9(10)13/h2-4,14H,5-7,13H2,1H3. The number of anilines is 1. The van der Waals surface area contributed by atoms with Crippen molar-refractivity contribution < 1.29 is 13.2 Å². The first kappa shape index (κ1) is 13.6. The Morgan fingerprint density at radius 3 is 2.78 bits per heavy atom. The Morgan fingerprint density at radius 2 is 2.22 bits per heavy atom. The Balaban J connectivity index is 2.37. The average molecular weight is 291 g/mol. The van der Waals surface area contributed by atoms with Gasteiger partial charge in [0.05, 0.1) is 22.9 Å². The fraction of sp³-hybridized carbons (Fsp3) is 0.455. The molecular weight excluding hydrogens is 276 g/mol. The molecule has 1 aromatic carbocycles. The minimum Gasteiger partial charge on any atom is -0.398 e. The van der Waals surface area contributed by atoms with Gasteiger partial charge in [0.2, 0.25) is 10.0 Å². The quantitative estimate of drug-likeness (QED) is 0.824. The van der Waals surface area contributed by atoms with Crippen molar-refractivity contribution in [2.75, 3.05) is 18.9 Å². The molecule has 0 radical (unpaired) electrons. The van der Waals surface area contributed by atoms with Crippen molar-refractivity contribution in [2.24, 2.45) is 0 Å². The van der Waals surface area contributed by atoms with Crippen LogP contribution in [0.5, 0.6) is 0 Å². The maximum absolute atomic E-state index is 12.3. The van der Waals surface area contributed by atoms with Crippen molar-refractivity contribution in [2.45, 2.75) is 23.8 Å². The van der Waals surface area contributed by atoms with Gasteiger partial charge in [-0.1, -0.05) is 17.7 Å². The fourth-order valence-electron chi connectivity index (χ4n) is 1.93. The van der Waals surface area contributed by atoms with E-state index >= 15 is 0 Å². The smallest absolute Gasteiger partial charge is 0.244 e. The van der Waals surface area contributed by atoms with Gasteiger partial charge in [-0.25, -0.2) is 13.1 Å². The number of nitrogens with two attached hydrogens (primary N) is 1. The monoisotopic (exact) mass is 290 g/mol. The lowest BCUT2D eigenvalue weighted by atomic mass is 10.0. The number of hydrogen-bond donors (Lipinski definition) is 2. The van der Waals surface area contributed by atoms with Crippen LogP contribution in [0.15, 0.2) is 23.1 Å². The lowest BCUT2D eigenvalue weighted by Gasteiger charge is -2.24. The second kappa shape index (κ2) is 4.70. The van der Waals surface area contributed by atoms with Crippen LogP contribution in [0.3, 0.4) is 0 Å². The number of rotatable bonds is 3. The highest BCUT2D eigenvalue weighted by Crippen LogP contribution is 2.29. The maximum Gasteiger partial charge on any atom is 0.244 e. The molecule has 18 heavy (non-hydrogen) atoms. The van der Waals surface area contributed by atoms with Crippen molar-refractivity contribution in [3.8, 4) is 0 Å². The SMILES string of the molecule is CC1(NS(=O)(=O)c2c(N)cccc2Cl)CCOC1. The third kappa shape index (κ3) is 2.61. The first-order valence-electron chi connectivity index (χ1n) is 5.50. The summed E-state index contributed by atoms with van der Waals surface area (Å²) in [5.41, 5.74) is 5.22. The average Bonchev–Trinajstić information content (AvgIpc) is 2.62. The van der Waals surface area contributed by atoms with Crippen LogP contribution in [0.1, 0.15) is 13.3 Å². The summed E-state index contributed by atoms with van der Waals surface area (Å²) in [6.45, 7) is 2.68. The van der Waals surface area contributed by atoms with Crippen LogP contribution in [0.4, 0.5) is 5.69 Å². The van der Waals surface area contributed by atoms with Gasteiger partial charge < -0.3 is 10.5 Å². The highest BCUT2D eigenvalue weighted by Gasteiger charge is 2.35. The van der Waals surface area contributed by atoms with Crippen LogP contribution >= 0.6 is 11.6 Å². The summed E-state index contributed by atoms with van der Waals surface area (Å²) in [5.74, 6) is 0. The van der Waals surface area contributed by atoms with E-state index in [1.807, 2.05) is 0 Å². The Labute approximate surface area is 111 Å². The molecule has 0 saturated carbocycles. The van der Waals surface area contributed by atoms with Gasteiger partial charge in [-0.15, -0.1) is 0 Å². The van der Waals surface area contributed by atoms with Crippen LogP contribution in [-0.4, -0.2) is 27.2 Å². The first-order valence-corrected chi connectivity index (χ1v) is 7.36. The molecule has 0 amide bonds. The van der Waals surface area contributed by atoms with Gasteiger partial charge in [-0.2, -0.15) is 0 Å². The Kier molecular flexibility index (Phi) is 3.55. The van der Waals surface area contributed by atoms with Gasteiger partial charge in [0.15, 0.2) is 0 Å². The van der Waals surface area contributed by atoms with Crippen LogP contribution < -0.4 is 10.5 Å². The molecule has 2 rings (SSSR count). The minimum atomic E-state index is -3.75. The zero-order valence-electron chi connectivity index (χ0n) is 9.94. The van der Waals surface area contributed by atoms with E-state index in [-0.39, 0.29) is 15.6 Å². The first-order chi connectivity index (χ1) is 8.34. The molecule has 5 nitrogen and oxygen atoms in total. The zero-order chi connectivity index (χ0) is 13.4. The van der Waals surface area contributed by atoms with E-state index in [2.05, 4.69) is 4.72 Å². The third-order valence-corrected chi connectivity index (χ3v) is 5.05. The molecule has 1 atom stereocenters. The predicted molar refractivity (Wildman–Crippen MR) is 70.0 cm³/mol. The summed E-state index contributed by atoms with van der Waals surface area (Å²) < 4.78 is 32.4. The number of hydrogen-bond acceptors (Lipinski definition) is 4. The molecular formula is C11H15ClN2O3S. The number of halogens is 1. The minimum absolute atomic E-state index is 0.0696. The molecule has 1 aromatic rings. The Bertz CT molecular complexity index is 533. The molecule has 1 aliphatic heterocycles. The molecule has 100 valence electrons. The van der Waals surface area contributed by atoms with Crippen LogP contribution in [0.2, 0.25) is 5.02 Å². The highest BCUT2D eigenvalue weighted by atomic mass is 35.5. The van der Waals surface area contributed by atoms with E-state index in [9.17, 15) is 8.42 Å². The van der Waals surface area contributed by atoms with Gasteiger partial charge in [0.25, 0.3) is 0 Å². The molecule has 1 heterocycles. The van der Waals surface area contributed by atoms with E-state index in [1.54, 1.807) is 13.0 Å². The summed E-state index contributed by atoms with van der Waals surface area (Å²) in [6, 6.07) is 4.62. The van der Waals surface area contributed by atoms with E-state index < -0.39 is 15.6 Å². The van der Waals surface area contributed by atoms with E-state index in [4.69, 9.17) is 22.1 Å². The van der Waals surface area contributed by atoms with Gasteiger partial charge in [0, 0.05) is 6.61 Å². The van der Waals surface area contributed by atoms with Gasteiger partial charge in [-0.05, 0) is 25.5 Å². The molecule has 1 fully saturated rings. The molecule has 1 unspecified atom stereocenters. The molecule has 7 heteroatoms. The molecule has 0 aliphatic carbocycles. The van der Waals surface area contributed by atoms with Crippen molar-refractivity contribution in [1.29, 1.82) is 0 Å². The summed E-state index contributed by atoms with van der Waals surface area (Å²) in [4.78, 5) is -0.0696. The number of nitrogens with one attached hydrogen (secondary N) is 1. The topological polar surface area (TPSA) is 81.4 Å². The molecule has 1 saturated heterocycles. The molecule has 0 bridgehead atoms. The third-order valence-electron chi connectivity index (χ3n) is 2.87. The lowest BCUT2D eigenvalue weighted by molar-refractivity contribution is 0.178. The van der Waals surface area contributed by atoms with Crippen molar-refractivity contribution in [3.63, 3.8) is 0 Å². The Morgan fingerprint density at radius 1 is 1.50 bits per heavy atom. The molecule has 1 aliphatic rings. The van der Waals surface area contributed by atoms with Crippen LogP contribution in [0, 0.1) is 0 Å². The number of benzene rings is 1. The summed E-state index contributed by atoms with van der Waals surface area (Å²) in [7, 11) is -3.75. The second-order valence-corrected chi connectivity index (χ2v) is 6.65. The zero-order valence-corrected chi connectivity index (χ0v) is 11.5. The summed E-state index contributed by atoms with van der Waals surface area (Å²) in [6.07, 6.45) is 0.622. The van der Waals surface area contributed by atoms with Gasteiger partial charge in [-0.3, -0.25) is 0 Å². The van der Waals surface area contributed by atoms with Crippen LogP contribution in [0.25, 0.3) is 0 Å². The summed E-state index contributed by atoms with van der Waals surface area (Å²) in [5, 5.41) is 0.116. The number of sulfonamides is 1.